The fourth-order valence-electron chi connectivity index (χ4n) is 1.02. The van der Waals surface area contributed by atoms with Gasteiger partial charge in [0.15, 0.2) is 5.78 Å². The Balaban J connectivity index is 3.57. The Morgan fingerprint density at radius 1 is 1.50 bits per heavy atom. The zero-order valence-corrected chi connectivity index (χ0v) is 8.99. The maximum absolute atomic E-state index is 11.3. The molecule has 0 aliphatic carbocycles. The molecule has 0 rings (SSSR count). The van der Waals surface area contributed by atoms with Crippen LogP contribution in [0, 0.1) is 5.92 Å². The standard InChI is InChI=1S/C9H19NOS/c1-7(2)9(11)8(10)5-4-6-12-3/h7-8H,4-6,10H2,1-3H3/t8-/m1/s1. The number of thioether (sulfide) groups is 1. The van der Waals surface area contributed by atoms with Gasteiger partial charge in [0, 0.05) is 5.92 Å². The van der Waals surface area contributed by atoms with Gasteiger partial charge in [0.2, 0.25) is 0 Å². The molecule has 12 heavy (non-hydrogen) atoms. The van der Waals surface area contributed by atoms with E-state index in [1.54, 1.807) is 11.8 Å². The summed E-state index contributed by atoms with van der Waals surface area (Å²) in [6.45, 7) is 3.80. The quantitative estimate of drug-likeness (QED) is 0.646. The van der Waals surface area contributed by atoms with Crippen LogP contribution in [-0.2, 0) is 4.79 Å². The van der Waals surface area contributed by atoms with Gasteiger partial charge in [0.25, 0.3) is 0 Å². The summed E-state index contributed by atoms with van der Waals surface area (Å²) >= 11 is 1.80. The summed E-state index contributed by atoms with van der Waals surface area (Å²) in [5.41, 5.74) is 5.70. The Hall–Kier alpha value is -0.0200. The first-order valence-corrected chi connectivity index (χ1v) is 5.77. The summed E-state index contributed by atoms with van der Waals surface area (Å²) in [5, 5.41) is 0. The lowest BCUT2D eigenvalue weighted by molar-refractivity contribution is -0.123. The van der Waals surface area contributed by atoms with Crippen LogP contribution in [0.25, 0.3) is 0 Å². The maximum atomic E-state index is 11.3. The number of carbonyl (C=O) groups excluding carboxylic acids is 1. The molecule has 3 heteroatoms. The van der Waals surface area contributed by atoms with E-state index in [0.717, 1.165) is 18.6 Å². The number of nitrogens with two attached hydrogens (primary N) is 1. The smallest absolute Gasteiger partial charge is 0.152 e. The average Bonchev–Trinajstić information content (AvgIpc) is 2.03. The lowest BCUT2D eigenvalue weighted by atomic mass is 9.99. The van der Waals surface area contributed by atoms with E-state index in [1.807, 2.05) is 13.8 Å². The van der Waals surface area contributed by atoms with Crippen molar-refractivity contribution in [3.05, 3.63) is 0 Å². The molecule has 0 fully saturated rings. The van der Waals surface area contributed by atoms with E-state index in [4.69, 9.17) is 5.73 Å². The maximum Gasteiger partial charge on any atom is 0.152 e. The fraction of sp³-hybridized carbons (Fsp3) is 0.889. The molecule has 0 aliphatic heterocycles. The van der Waals surface area contributed by atoms with Crippen LogP contribution in [0.1, 0.15) is 26.7 Å². The van der Waals surface area contributed by atoms with Gasteiger partial charge in [-0.05, 0) is 24.9 Å². The van der Waals surface area contributed by atoms with Gasteiger partial charge in [-0.15, -0.1) is 0 Å². The molecule has 0 heterocycles. The number of carbonyl (C=O) groups is 1. The van der Waals surface area contributed by atoms with E-state index in [1.165, 1.54) is 0 Å². The van der Waals surface area contributed by atoms with Crippen molar-refractivity contribution in [3.63, 3.8) is 0 Å². The molecule has 0 aliphatic rings. The molecular formula is C9H19NOS. The van der Waals surface area contributed by atoms with Crippen LogP contribution in [0.5, 0.6) is 0 Å². The van der Waals surface area contributed by atoms with Gasteiger partial charge in [-0.25, -0.2) is 0 Å². The molecule has 0 radical (unpaired) electrons. The third-order valence-electron chi connectivity index (χ3n) is 1.80. The number of hydrogen-bond acceptors (Lipinski definition) is 3. The first-order valence-electron chi connectivity index (χ1n) is 4.37. The predicted molar refractivity (Wildman–Crippen MR) is 55.4 cm³/mol. The highest BCUT2D eigenvalue weighted by atomic mass is 32.2. The summed E-state index contributed by atoms with van der Waals surface area (Å²) < 4.78 is 0. The molecule has 0 spiro atoms. The van der Waals surface area contributed by atoms with Crippen LogP contribution in [0.15, 0.2) is 0 Å². The number of Topliss-reactive ketones (excluding diaryl/α,β-unsaturated/α-hetero) is 1. The molecule has 0 saturated carbocycles. The van der Waals surface area contributed by atoms with Gasteiger partial charge >= 0.3 is 0 Å². The summed E-state index contributed by atoms with van der Waals surface area (Å²) in [6, 6.07) is -0.239. The molecule has 0 aromatic heterocycles. The Morgan fingerprint density at radius 3 is 2.50 bits per heavy atom. The largest absolute Gasteiger partial charge is 0.321 e. The second-order valence-corrected chi connectivity index (χ2v) is 4.28. The SMILES string of the molecule is CSCCC[C@@H](N)C(=O)C(C)C. The highest BCUT2D eigenvalue weighted by molar-refractivity contribution is 7.98. The van der Waals surface area contributed by atoms with Gasteiger partial charge in [0.1, 0.15) is 0 Å². The lowest BCUT2D eigenvalue weighted by Gasteiger charge is -2.11. The topological polar surface area (TPSA) is 43.1 Å². The van der Waals surface area contributed by atoms with Gasteiger partial charge < -0.3 is 5.73 Å². The second kappa shape index (κ2) is 6.49. The van der Waals surface area contributed by atoms with Crippen molar-refractivity contribution in [1.82, 2.24) is 0 Å². The van der Waals surface area contributed by atoms with Crippen molar-refractivity contribution in [3.8, 4) is 0 Å². The zero-order chi connectivity index (χ0) is 9.56. The Kier molecular flexibility index (Phi) is 6.48. The minimum Gasteiger partial charge on any atom is -0.321 e. The van der Waals surface area contributed by atoms with Crippen LogP contribution in [0.3, 0.4) is 0 Å². The molecular weight excluding hydrogens is 170 g/mol. The van der Waals surface area contributed by atoms with Crippen molar-refractivity contribution < 1.29 is 4.79 Å². The van der Waals surface area contributed by atoms with E-state index < -0.39 is 0 Å². The first kappa shape index (κ1) is 12.0. The normalized spacial score (nSPS) is 13.4. The van der Waals surface area contributed by atoms with E-state index in [-0.39, 0.29) is 17.7 Å². The summed E-state index contributed by atoms with van der Waals surface area (Å²) in [5.74, 6) is 1.37. The second-order valence-electron chi connectivity index (χ2n) is 3.30. The molecule has 0 aromatic carbocycles. The van der Waals surface area contributed by atoms with Crippen LogP contribution in [0.4, 0.5) is 0 Å². The highest BCUT2D eigenvalue weighted by Gasteiger charge is 2.15. The molecule has 2 N–H and O–H groups in total. The monoisotopic (exact) mass is 189 g/mol. The molecule has 72 valence electrons. The third-order valence-corrected chi connectivity index (χ3v) is 2.50. The number of ketones is 1. The molecule has 0 aromatic rings. The minimum absolute atomic E-state index is 0.0780. The zero-order valence-electron chi connectivity index (χ0n) is 8.17. The number of hydrogen-bond donors (Lipinski definition) is 1. The van der Waals surface area contributed by atoms with Gasteiger partial charge in [0.05, 0.1) is 6.04 Å². The number of rotatable bonds is 6. The molecule has 0 saturated heterocycles. The van der Waals surface area contributed by atoms with Crippen LogP contribution < -0.4 is 5.73 Å². The predicted octanol–water partition coefficient (Wildman–Crippen LogP) is 1.68. The Bertz CT molecular complexity index is 136. The van der Waals surface area contributed by atoms with Crippen molar-refractivity contribution in [2.75, 3.05) is 12.0 Å². The van der Waals surface area contributed by atoms with E-state index in [9.17, 15) is 4.79 Å². The molecule has 0 amide bonds. The Morgan fingerprint density at radius 2 is 2.08 bits per heavy atom. The molecule has 1 atom stereocenters. The van der Waals surface area contributed by atoms with E-state index >= 15 is 0 Å². The van der Waals surface area contributed by atoms with Crippen LogP contribution >= 0.6 is 11.8 Å². The van der Waals surface area contributed by atoms with Crippen molar-refractivity contribution in [2.45, 2.75) is 32.7 Å². The molecule has 0 bridgehead atoms. The first-order chi connectivity index (χ1) is 5.59. The Labute approximate surface area is 79.3 Å². The van der Waals surface area contributed by atoms with Gasteiger partial charge in [-0.2, -0.15) is 11.8 Å². The third kappa shape index (κ3) is 4.78. The van der Waals surface area contributed by atoms with Crippen molar-refractivity contribution in [1.29, 1.82) is 0 Å². The van der Waals surface area contributed by atoms with Gasteiger partial charge in [-0.3, -0.25) is 4.79 Å². The fourth-order valence-corrected chi connectivity index (χ4v) is 1.47. The van der Waals surface area contributed by atoms with Crippen LogP contribution in [0.2, 0.25) is 0 Å². The minimum atomic E-state index is -0.239. The highest BCUT2D eigenvalue weighted by Crippen LogP contribution is 2.06. The van der Waals surface area contributed by atoms with Gasteiger partial charge in [-0.1, -0.05) is 13.8 Å². The summed E-state index contributed by atoms with van der Waals surface area (Å²) in [7, 11) is 0. The van der Waals surface area contributed by atoms with Crippen LogP contribution in [-0.4, -0.2) is 23.8 Å². The molecule has 0 unspecified atom stereocenters. The summed E-state index contributed by atoms with van der Waals surface area (Å²) in [6.07, 6.45) is 3.94. The van der Waals surface area contributed by atoms with Crippen molar-refractivity contribution >= 4 is 17.5 Å². The average molecular weight is 189 g/mol. The van der Waals surface area contributed by atoms with E-state index in [2.05, 4.69) is 6.26 Å². The van der Waals surface area contributed by atoms with E-state index in [0.29, 0.717) is 0 Å². The molecule has 2 nitrogen and oxygen atoms in total. The summed E-state index contributed by atoms with van der Waals surface area (Å²) in [4.78, 5) is 11.3. The lowest BCUT2D eigenvalue weighted by Crippen LogP contribution is -2.33. The van der Waals surface area contributed by atoms with Crippen molar-refractivity contribution in [2.24, 2.45) is 11.7 Å².